The van der Waals surface area contributed by atoms with E-state index in [9.17, 15) is 5.11 Å². The quantitative estimate of drug-likeness (QED) is 0.478. The molecule has 5 rings (SSSR count). The van der Waals surface area contributed by atoms with Crippen molar-refractivity contribution in [3.63, 3.8) is 0 Å². The summed E-state index contributed by atoms with van der Waals surface area (Å²) < 4.78 is 8.03. The van der Waals surface area contributed by atoms with Crippen molar-refractivity contribution in [3.8, 4) is 11.6 Å². The van der Waals surface area contributed by atoms with Crippen molar-refractivity contribution >= 4 is 16.9 Å². The molecule has 0 aliphatic heterocycles. The van der Waals surface area contributed by atoms with Gasteiger partial charge in [0.05, 0.1) is 11.6 Å². The molecule has 0 saturated heterocycles. The molecule has 0 unspecified atom stereocenters. The summed E-state index contributed by atoms with van der Waals surface area (Å²) in [6.45, 7) is 0.548. The van der Waals surface area contributed by atoms with E-state index in [0.717, 1.165) is 53.7 Å². The van der Waals surface area contributed by atoms with Crippen LogP contribution in [-0.4, -0.2) is 31.8 Å². The first-order valence-electron chi connectivity index (χ1n) is 10.8. The van der Waals surface area contributed by atoms with E-state index in [1.54, 1.807) is 6.20 Å². The minimum Gasteiger partial charge on any atom is -0.489 e. The van der Waals surface area contributed by atoms with Gasteiger partial charge >= 0.3 is 0 Å². The van der Waals surface area contributed by atoms with Gasteiger partial charge in [-0.15, -0.1) is 0 Å². The van der Waals surface area contributed by atoms with E-state index < -0.39 is 0 Å². The number of anilines is 1. The van der Waals surface area contributed by atoms with Gasteiger partial charge in [0.25, 0.3) is 0 Å². The topological polar surface area (TPSA) is 72.2 Å². The van der Waals surface area contributed by atoms with Crippen LogP contribution in [0, 0.1) is 0 Å². The minimum atomic E-state index is -0.168. The fourth-order valence-electron chi connectivity index (χ4n) is 4.11. The average Bonchev–Trinajstić information content (AvgIpc) is 3.23. The van der Waals surface area contributed by atoms with E-state index in [4.69, 9.17) is 9.72 Å². The van der Waals surface area contributed by atoms with Gasteiger partial charge in [0.2, 0.25) is 5.95 Å². The maximum atomic E-state index is 9.70. The first kappa shape index (κ1) is 19.6. The molecular formula is C25H26N4O2. The molecule has 0 radical (unpaired) electrons. The number of benzene rings is 2. The molecule has 31 heavy (non-hydrogen) atoms. The van der Waals surface area contributed by atoms with E-state index in [-0.39, 0.29) is 6.10 Å². The summed E-state index contributed by atoms with van der Waals surface area (Å²) in [5, 5.41) is 14.2. The average molecular weight is 415 g/mol. The number of aliphatic hydroxyl groups excluding tert-OH is 1. The Hall–Kier alpha value is -3.38. The number of aliphatic hydroxyl groups is 1. The number of hydrogen-bond donors (Lipinski definition) is 2. The zero-order chi connectivity index (χ0) is 21.0. The standard InChI is InChI=1S/C25H26N4O2/c30-21-8-6-20(7-9-21)27-25-26-14-12-24(28-25)29-15-13-19-16-22(10-11-23(19)29)31-17-18-4-2-1-3-5-18/h1-5,10-16,20-21,30H,6-9,17H2,(H,26,27,28). The predicted molar refractivity (Wildman–Crippen MR) is 122 cm³/mol. The molecule has 1 aliphatic carbocycles. The molecule has 6 nitrogen and oxygen atoms in total. The third-order valence-electron chi connectivity index (χ3n) is 5.83. The van der Waals surface area contributed by atoms with Crippen LogP contribution in [-0.2, 0) is 6.61 Å². The van der Waals surface area contributed by atoms with Crippen molar-refractivity contribution in [1.29, 1.82) is 0 Å². The second-order valence-corrected chi connectivity index (χ2v) is 8.07. The van der Waals surface area contributed by atoms with Crippen LogP contribution in [0.15, 0.2) is 73.1 Å². The molecule has 1 fully saturated rings. The van der Waals surface area contributed by atoms with Gasteiger partial charge in [0.1, 0.15) is 18.2 Å². The van der Waals surface area contributed by atoms with E-state index >= 15 is 0 Å². The van der Waals surface area contributed by atoms with Crippen LogP contribution >= 0.6 is 0 Å². The molecule has 2 heterocycles. The van der Waals surface area contributed by atoms with E-state index in [1.165, 1.54) is 0 Å². The third kappa shape index (κ3) is 4.54. The molecule has 1 saturated carbocycles. The Labute approximate surface area is 181 Å². The Balaban J connectivity index is 1.32. The normalized spacial score (nSPS) is 18.7. The second kappa shape index (κ2) is 8.78. The molecule has 1 aliphatic rings. The molecule has 2 aromatic heterocycles. The monoisotopic (exact) mass is 414 g/mol. The Bertz CT molecular complexity index is 1150. The summed E-state index contributed by atoms with van der Waals surface area (Å²) >= 11 is 0. The van der Waals surface area contributed by atoms with Gasteiger partial charge in [-0.05, 0) is 61.6 Å². The summed E-state index contributed by atoms with van der Waals surface area (Å²) in [5.74, 6) is 2.29. The lowest BCUT2D eigenvalue weighted by Gasteiger charge is -2.26. The van der Waals surface area contributed by atoms with E-state index in [1.807, 2.05) is 36.5 Å². The maximum Gasteiger partial charge on any atom is 0.224 e. The number of fused-ring (bicyclic) bond motifs is 1. The molecule has 0 atom stereocenters. The third-order valence-corrected chi connectivity index (χ3v) is 5.83. The summed E-state index contributed by atoms with van der Waals surface area (Å²) in [6.07, 6.45) is 7.17. The minimum absolute atomic E-state index is 0.168. The van der Waals surface area contributed by atoms with Crippen LogP contribution < -0.4 is 10.1 Å². The SMILES string of the molecule is OC1CCC(Nc2nccc(-n3ccc4cc(OCc5ccccc5)ccc43)n2)CC1. The zero-order valence-corrected chi connectivity index (χ0v) is 17.3. The van der Waals surface area contributed by atoms with Crippen molar-refractivity contribution < 1.29 is 9.84 Å². The molecular weight excluding hydrogens is 388 g/mol. The summed E-state index contributed by atoms with van der Waals surface area (Å²) in [5.41, 5.74) is 2.21. The number of nitrogens with zero attached hydrogens (tertiary/aromatic N) is 3. The highest BCUT2D eigenvalue weighted by Crippen LogP contribution is 2.26. The van der Waals surface area contributed by atoms with Gasteiger partial charge in [-0.1, -0.05) is 30.3 Å². The van der Waals surface area contributed by atoms with Crippen LogP contribution in [0.4, 0.5) is 5.95 Å². The highest BCUT2D eigenvalue weighted by atomic mass is 16.5. The fourth-order valence-corrected chi connectivity index (χ4v) is 4.11. The van der Waals surface area contributed by atoms with Gasteiger partial charge in [-0.2, -0.15) is 4.98 Å². The van der Waals surface area contributed by atoms with Gasteiger partial charge in [-0.3, -0.25) is 0 Å². The number of aromatic nitrogens is 3. The molecule has 6 heteroatoms. The smallest absolute Gasteiger partial charge is 0.224 e. The van der Waals surface area contributed by atoms with Crippen LogP contribution in [0.2, 0.25) is 0 Å². The van der Waals surface area contributed by atoms with Crippen LogP contribution in [0.1, 0.15) is 31.2 Å². The number of nitrogens with one attached hydrogen (secondary N) is 1. The maximum absolute atomic E-state index is 9.70. The Morgan fingerprint density at radius 2 is 1.84 bits per heavy atom. The fraction of sp³-hybridized carbons (Fsp3) is 0.280. The molecule has 2 aromatic carbocycles. The van der Waals surface area contributed by atoms with E-state index in [2.05, 4.69) is 45.2 Å². The summed E-state index contributed by atoms with van der Waals surface area (Å²) in [7, 11) is 0. The highest BCUT2D eigenvalue weighted by molar-refractivity contribution is 5.83. The van der Waals surface area contributed by atoms with Crippen molar-refractivity contribution in [1.82, 2.24) is 14.5 Å². The van der Waals surface area contributed by atoms with Crippen LogP contribution in [0.5, 0.6) is 5.75 Å². The second-order valence-electron chi connectivity index (χ2n) is 8.07. The number of ether oxygens (including phenoxy) is 1. The molecule has 0 bridgehead atoms. The Kier molecular flexibility index (Phi) is 5.54. The van der Waals surface area contributed by atoms with Crippen molar-refractivity contribution in [2.24, 2.45) is 0 Å². The molecule has 158 valence electrons. The number of hydrogen-bond acceptors (Lipinski definition) is 5. The van der Waals surface area contributed by atoms with Gasteiger partial charge in [-0.25, -0.2) is 4.98 Å². The molecule has 0 amide bonds. The van der Waals surface area contributed by atoms with Crippen molar-refractivity contribution in [3.05, 3.63) is 78.6 Å². The Morgan fingerprint density at radius 3 is 2.68 bits per heavy atom. The van der Waals surface area contributed by atoms with Crippen LogP contribution in [0.25, 0.3) is 16.7 Å². The molecule has 4 aromatic rings. The summed E-state index contributed by atoms with van der Waals surface area (Å²) in [6, 6.07) is 20.6. The largest absolute Gasteiger partial charge is 0.489 e. The first-order valence-corrected chi connectivity index (χ1v) is 10.8. The van der Waals surface area contributed by atoms with Gasteiger partial charge in [0.15, 0.2) is 0 Å². The molecule has 0 spiro atoms. The zero-order valence-electron chi connectivity index (χ0n) is 17.3. The van der Waals surface area contributed by atoms with Crippen LogP contribution in [0.3, 0.4) is 0 Å². The first-order chi connectivity index (χ1) is 15.2. The predicted octanol–water partition coefficient (Wildman–Crippen LogP) is 4.71. The van der Waals surface area contributed by atoms with Crippen molar-refractivity contribution in [2.45, 2.75) is 44.4 Å². The van der Waals surface area contributed by atoms with Crippen molar-refractivity contribution in [2.75, 3.05) is 5.32 Å². The number of rotatable bonds is 6. The lowest BCUT2D eigenvalue weighted by atomic mass is 9.93. The Morgan fingerprint density at radius 1 is 1.00 bits per heavy atom. The lowest BCUT2D eigenvalue weighted by molar-refractivity contribution is 0.126. The van der Waals surface area contributed by atoms with E-state index in [0.29, 0.717) is 18.6 Å². The van der Waals surface area contributed by atoms with Gasteiger partial charge in [0, 0.05) is 23.8 Å². The lowest BCUT2D eigenvalue weighted by Crippen LogP contribution is -2.29. The molecule has 2 N–H and O–H groups in total. The highest BCUT2D eigenvalue weighted by Gasteiger charge is 2.20. The van der Waals surface area contributed by atoms with Gasteiger partial charge < -0.3 is 19.7 Å². The summed E-state index contributed by atoms with van der Waals surface area (Å²) in [4.78, 5) is 9.12.